The second-order valence-electron chi connectivity index (χ2n) is 12.9. The molecule has 1 N–H and O–H groups in total. The number of aliphatic hydroxyl groups is 1. The van der Waals surface area contributed by atoms with Gasteiger partial charge in [0.15, 0.2) is 0 Å². The molecule has 0 aromatic heterocycles. The Morgan fingerprint density at radius 3 is 2.53 bits per heavy atom. The zero-order chi connectivity index (χ0) is 23.3. The number of carbonyl (C=O) groups is 1. The number of ether oxygens (including phenoxy) is 1. The number of hydrogen-bond donors (Lipinski definition) is 1. The summed E-state index contributed by atoms with van der Waals surface area (Å²) in [4.78, 5) is 11.5. The normalized spacial score (nSPS) is 44.3. The molecule has 4 aliphatic rings. The molecule has 0 aromatic rings. The van der Waals surface area contributed by atoms with Gasteiger partial charge in [-0.1, -0.05) is 65.5 Å². The maximum Gasteiger partial charge on any atom is 0.302 e. The molecule has 4 aliphatic carbocycles. The summed E-state index contributed by atoms with van der Waals surface area (Å²) in [6.07, 6.45) is 14.0. The monoisotopic (exact) mass is 444 g/mol. The van der Waals surface area contributed by atoms with E-state index in [2.05, 4.69) is 40.7 Å². The van der Waals surface area contributed by atoms with Gasteiger partial charge in [-0.2, -0.15) is 0 Å². The Morgan fingerprint density at radius 1 is 1.09 bits per heavy atom. The summed E-state index contributed by atoms with van der Waals surface area (Å²) in [7, 11) is 0. The molecule has 0 aliphatic heterocycles. The molecule has 5 unspecified atom stereocenters. The van der Waals surface area contributed by atoms with Gasteiger partial charge < -0.3 is 9.84 Å². The van der Waals surface area contributed by atoms with Gasteiger partial charge in [-0.25, -0.2) is 0 Å². The van der Waals surface area contributed by atoms with Gasteiger partial charge in [-0.3, -0.25) is 4.79 Å². The highest BCUT2D eigenvalue weighted by atomic mass is 16.5. The van der Waals surface area contributed by atoms with Gasteiger partial charge in [-0.15, -0.1) is 0 Å². The quantitative estimate of drug-likeness (QED) is 0.357. The highest BCUT2D eigenvalue weighted by Gasteiger charge is 2.61. The van der Waals surface area contributed by atoms with Crippen LogP contribution >= 0.6 is 0 Å². The fourth-order valence-corrected chi connectivity index (χ4v) is 8.98. The standard InChI is InChI=1S/C29H48O3/c1-18(2)8-7-9-19(3)23-10-11-24-27-25(13-15-29(23,24)6)28(5)14-12-22(32-20(4)30)16-21(28)17-26(27)31/h17-19,22-27,31H,7-16H2,1-6H3/t19?,22-,23?,24?,25?,26-,27?,28-,29+/m0/s1. The van der Waals surface area contributed by atoms with Crippen molar-refractivity contribution in [3.63, 3.8) is 0 Å². The highest BCUT2D eigenvalue weighted by molar-refractivity contribution is 5.66. The Hall–Kier alpha value is -0.830. The fourth-order valence-electron chi connectivity index (χ4n) is 8.98. The van der Waals surface area contributed by atoms with Gasteiger partial charge in [-0.05, 0) is 84.9 Å². The molecular formula is C29H48O3. The summed E-state index contributed by atoms with van der Waals surface area (Å²) in [5, 5.41) is 11.4. The van der Waals surface area contributed by atoms with Crippen LogP contribution in [0.25, 0.3) is 0 Å². The van der Waals surface area contributed by atoms with Gasteiger partial charge in [0, 0.05) is 13.3 Å². The Kier molecular flexibility index (Phi) is 6.90. The van der Waals surface area contributed by atoms with Gasteiger partial charge in [0.05, 0.1) is 6.10 Å². The number of hydrogen-bond acceptors (Lipinski definition) is 3. The second-order valence-corrected chi connectivity index (χ2v) is 12.9. The molecule has 0 heterocycles. The number of aliphatic hydroxyl groups excluding tert-OH is 1. The topological polar surface area (TPSA) is 46.5 Å². The van der Waals surface area contributed by atoms with Crippen molar-refractivity contribution in [1.82, 2.24) is 0 Å². The Labute approximate surface area is 196 Å². The summed E-state index contributed by atoms with van der Waals surface area (Å²) in [6, 6.07) is 0. The lowest BCUT2D eigenvalue weighted by Gasteiger charge is -2.59. The van der Waals surface area contributed by atoms with Crippen LogP contribution in [0.4, 0.5) is 0 Å². The third-order valence-corrected chi connectivity index (χ3v) is 10.6. The molecule has 3 nitrogen and oxygen atoms in total. The maximum absolute atomic E-state index is 11.5. The van der Waals surface area contributed by atoms with Crippen LogP contribution in [-0.2, 0) is 9.53 Å². The molecule has 0 spiro atoms. The molecule has 4 rings (SSSR count). The van der Waals surface area contributed by atoms with Crippen molar-refractivity contribution in [2.24, 2.45) is 46.3 Å². The summed E-state index contributed by atoms with van der Waals surface area (Å²) in [6.45, 7) is 13.7. The van der Waals surface area contributed by atoms with Crippen LogP contribution in [0.3, 0.4) is 0 Å². The lowest BCUT2D eigenvalue weighted by atomic mass is 9.46. The second kappa shape index (κ2) is 9.08. The molecule has 32 heavy (non-hydrogen) atoms. The minimum Gasteiger partial charge on any atom is -0.462 e. The van der Waals surface area contributed by atoms with E-state index in [-0.39, 0.29) is 23.6 Å². The average Bonchev–Trinajstić information content (AvgIpc) is 3.05. The van der Waals surface area contributed by atoms with E-state index in [0.29, 0.717) is 23.2 Å². The SMILES string of the molecule is CC(=O)O[C@H]1CC[C@@]2(C)C(=C[C@H](O)C3C4CCC(C(C)CCCC(C)C)[C@@]4(C)CCC32)C1. The molecule has 0 amide bonds. The average molecular weight is 445 g/mol. The van der Waals surface area contributed by atoms with Crippen molar-refractivity contribution in [3.8, 4) is 0 Å². The minimum atomic E-state index is -0.334. The number of fused-ring (bicyclic) bond motifs is 5. The molecule has 9 atom stereocenters. The third-order valence-electron chi connectivity index (χ3n) is 10.6. The van der Waals surface area contributed by atoms with E-state index in [4.69, 9.17) is 4.74 Å². The van der Waals surface area contributed by atoms with Gasteiger partial charge in [0.25, 0.3) is 0 Å². The molecule has 0 aromatic carbocycles. The molecular weight excluding hydrogens is 396 g/mol. The lowest BCUT2D eigenvalue weighted by molar-refractivity contribution is -0.149. The third kappa shape index (κ3) is 4.21. The smallest absolute Gasteiger partial charge is 0.302 e. The van der Waals surface area contributed by atoms with Crippen LogP contribution in [0.15, 0.2) is 11.6 Å². The number of rotatable bonds is 6. The molecule has 3 fully saturated rings. The van der Waals surface area contributed by atoms with E-state index in [0.717, 1.165) is 37.0 Å². The summed E-state index contributed by atoms with van der Waals surface area (Å²) in [5.41, 5.74) is 1.92. The van der Waals surface area contributed by atoms with Crippen LogP contribution in [0.1, 0.15) is 106 Å². The zero-order valence-electron chi connectivity index (χ0n) is 21.5. The minimum absolute atomic E-state index is 0.00742. The first-order valence-corrected chi connectivity index (χ1v) is 13.6. The molecule has 0 radical (unpaired) electrons. The zero-order valence-corrected chi connectivity index (χ0v) is 21.5. The van der Waals surface area contributed by atoms with E-state index in [9.17, 15) is 9.90 Å². The first-order chi connectivity index (χ1) is 15.1. The maximum atomic E-state index is 11.5. The van der Waals surface area contributed by atoms with Crippen LogP contribution in [0.5, 0.6) is 0 Å². The van der Waals surface area contributed by atoms with Crippen LogP contribution in [0, 0.1) is 46.3 Å². The largest absolute Gasteiger partial charge is 0.462 e. The van der Waals surface area contributed by atoms with Crippen LogP contribution < -0.4 is 0 Å². The van der Waals surface area contributed by atoms with E-state index in [1.165, 1.54) is 57.4 Å². The Morgan fingerprint density at radius 2 is 1.84 bits per heavy atom. The van der Waals surface area contributed by atoms with Gasteiger partial charge in [0.1, 0.15) is 6.10 Å². The molecule has 0 bridgehead atoms. The molecule has 182 valence electrons. The van der Waals surface area contributed by atoms with E-state index < -0.39 is 0 Å². The first-order valence-electron chi connectivity index (χ1n) is 13.6. The first kappa shape index (κ1) is 24.3. The van der Waals surface area contributed by atoms with Crippen molar-refractivity contribution in [1.29, 1.82) is 0 Å². The van der Waals surface area contributed by atoms with E-state index in [1.807, 2.05) is 0 Å². The molecule has 3 heteroatoms. The molecule has 3 saturated carbocycles. The van der Waals surface area contributed by atoms with Gasteiger partial charge >= 0.3 is 5.97 Å². The lowest BCUT2D eigenvalue weighted by Crippen LogP contribution is -2.55. The van der Waals surface area contributed by atoms with Crippen LogP contribution in [0.2, 0.25) is 0 Å². The summed E-state index contributed by atoms with van der Waals surface area (Å²) >= 11 is 0. The number of esters is 1. The number of carbonyl (C=O) groups excluding carboxylic acids is 1. The van der Waals surface area contributed by atoms with Crippen molar-refractivity contribution in [2.45, 2.75) is 118 Å². The van der Waals surface area contributed by atoms with E-state index >= 15 is 0 Å². The Balaban J connectivity index is 1.51. The summed E-state index contributed by atoms with van der Waals surface area (Å²) in [5.74, 6) is 3.85. The predicted molar refractivity (Wildman–Crippen MR) is 130 cm³/mol. The molecule has 0 saturated heterocycles. The van der Waals surface area contributed by atoms with E-state index in [1.54, 1.807) is 0 Å². The van der Waals surface area contributed by atoms with Gasteiger partial charge in [0.2, 0.25) is 0 Å². The highest BCUT2D eigenvalue weighted by Crippen LogP contribution is 2.67. The van der Waals surface area contributed by atoms with Crippen molar-refractivity contribution in [2.75, 3.05) is 0 Å². The predicted octanol–water partition coefficient (Wildman–Crippen LogP) is 6.93. The Bertz CT molecular complexity index is 726. The van der Waals surface area contributed by atoms with Crippen LogP contribution in [-0.4, -0.2) is 23.3 Å². The van der Waals surface area contributed by atoms with Crippen molar-refractivity contribution in [3.05, 3.63) is 11.6 Å². The van der Waals surface area contributed by atoms with Crippen molar-refractivity contribution >= 4 is 5.97 Å². The fraction of sp³-hybridized carbons (Fsp3) is 0.897. The summed E-state index contributed by atoms with van der Waals surface area (Å²) < 4.78 is 5.57. The van der Waals surface area contributed by atoms with Crippen molar-refractivity contribution < 1.29 is 14.6 Å².